The molecule has 0 aromatic heterocycles. The van der Waals surface area contributed by atoms with Gasteiger partial charge in [0.25, 0.3) is 0 Å². The Morgan fingerprint density at radius 3 is 1.25 bits per heavy atom. The van der Waals surface area contributed by atoms with E-state index in [0.717, 1.165) is 0 Å². The number of hydrogen-bond acceptors (Lipinski definition) is 2. The van der Waals surface area contributed by atoms with E-state index in [2.05, 4.69) is 86.0 Å². The fourth-order valence-electron chi connectivity index (χ4n) is 2.61. The average molecular weight is 347 g/mol. The highest BCUT2D eigenvalue weighted by atomic mass is 32.2. The van der Waals surface area contributed by atoms with Gasteiger partial charge in [-0.2, -0.15) is 0 Å². The zero-order valence-electron chi connectivity index (χ0n) is 13.3. The molecule has 0 radical (unpaired) electrons. The minimum atomic E-state index is 1.21. The van der Waals surface area contributed by atoms with E-state index in [4.69, 9.17) is 0 Å². The molecule has 0 aliphatic carbocycles. The first-order valence-corrected chi connectivity index (χ1v) is 9.43. The normalized spacial score (nSPS) is 10.3. The van der Waals surface area contributed by atoms with Crippen LogP contribution in [-0.4, -0.2) is 0 Å². The van der Waals surface area contributed by atoms with E-state index < -0.39 is 0 Å². The highest BCUT2D eigenvalue weighted by molar-refractivity contribution is 8.02. The molecule has 0 amide bonds. The molecular weight excluding hydrogens is 328 g/mol. The minimum absolute atomic E-state index is 1.21. The minimum Gasteiger partial charge on any atom is -0.0987 e. The topological polar surface area (TPSA) is 0 Å². The maximum Gasteiger partial charge on any atom is 0.0116 e. The predicted molar refractivity (Wildman–Crippen MR) is 109 cm³/mol. The van der Waals surface area contributed by atoms with Gasteiger partial charge in [-0.15, -0.1) is 0 Å². The highest BCUT2D eigenvalue weighted by Crippen LogP contribution is 2.34. The molecule has 0 nitrogen and oxygen atoms in total. The zero-order valence-corrected chi connectivity index (χ0v) is 14.9. The third-order valence-corrected chi connectivity index (χ3v) is 5.12. The second kappa shape index (κ2) is 8.09. The van der Waals surface area contributed by atoms with Crippen LogP contribution in [-0.2, 0) is 0 Å². The van der Waals surface area contributed by atoms with Crippen molar-refractivity contribution in [1.82, 2.24) is 0 Å². The molecule has 0 fully saturated rings. The molecule has 3 rings (SSSR count). The zero-order chi connectivity index (χ0) is 16.8. The van der Waals surface area contributed by atoms with Crippen LogP contribution in [0.4, 0.5) is 0 Å². The van der Waals surface area contributed by atoms with Crippen LogP contribution < -0.4 is 0 Å². The summed E-state index contributed by atoms with van der Waals surface area (Å²) < 4.78 is 0. The molecule has 0 atom stereocenters. The molecule has 0 aliphatic heterocycles. The van der Waals surface area contributed by atoms with Gasteiger partial charge in [-0.25, -0.2) is 0 Å². The lowest BCUT2D eigenvalue weighted by molar-refractivity contribution is 1.45. The summed E-state index contributed by atoms with van der Waals surface area (Å²) in [7, 11) is 0. The smallest absolute Gasteiger partial charge is 0.0116 e. The first-order valence-electron chi connectivity index (χ1n) is 7.67. The van der Waals surface area contributed by atoms with Gasteiger partial charge in [-0.05, 0) is 57.3 Å². The van der Waals surface area contributed by atoms with Gasteiger partial charge in [0.15, 0.2) is 0 Å². The van der Waals surface area contributed by atoms with E-state index in [9.17, 15) is 0 Å². The number of benzene rings is 3. The Hall–Kier alpha value is -2.16. The van der Waals surface area contributed by atoms with Crippen LogP contribution in [0.15, 0.2) is 107 Å². The summed E-state index contributed by atoms with van der Waals surface area (Å²) in [5, 5.41) is 3.71. The molecule has 0 heterocycles. The molecule has 118 valence electrons. The Balaban J connectivity index is 1.98. The van der Waals surface area contributed by atoms with Crippen LogP contribution >= 0.6 is 23.5 Å². The van der Waals surface area contributed by atoms with Gasteiger partial charge < -0.3 is 0 Å². The summed E-state index contributed by atoms with van der Waals surface area (Å²) in [6, 6.07) is 25.8. The first kappa shape index (κ1) is 16.7. The van der Waals surface area contributed by atoms with E-state index in [1.54, 1.807) is 23.5 Å². The van der Waals surface area contributed by atoms with Crippen LogP contribution in [0.5, 0.6) is 0 Å². The van der Waals surface area contributed by atoms with E-state index in [0.29, 0.717) is 0 Å². The molecule has 3 aromatic rings. The summed E-state index contributed by atoms with van der Waals surface area (Å²) in [5.41, 5.74) is 4.95. The first-order chi connectivity index (χ1) is 11.8. The number of rotatable bonds is 6. The highest BCUT2D eigenvalue weighted by Gasteiger charge is 2.07. The van der Waals surface area contributed by atoms with Crippen molar-refractivity contribution in [1.29, 1.82) is 0 Å². The summed E-state index contributed by atoms with van der Waals surface area (Å²) >= 11 is 3.28. The van der Waals surface area contributed by atoms with Crippen LogP contribution in [0.2, 0.25) is 0 Å². The Morgan fingerprint density at radius 2 is 0.917 bits per heavy atom. The van der Waals surface area contributed by atoms with Gasteiger partial charge in [0.2, 0.25) is 0 Å². The van der Waals surface area contributed by atoms with Crippen molar-refractivity contribution in [3.8, 4) is 22.3 Å². The Labute approximate surface area is 152 Å². The van der Waals surface area contributed by atoms with Crippen molar-refractivity contribution in [2.45, 2.75) is 9.79 Å². The average Bonchev–Trinajstić information content (AvgIpc) is 2.64. The molecule has 0 saturated carbocycles. The standard InChI is InChI=1S/C22H18S2/c1-3-23-19-13-9-17(10-14-19)21-7-5-6-8-22(21)18-11-15-20(16-12-18)24-4-2/h3-16H,1-2H2. The molecule has 2 heteroatoms. The van der Waals surface area contributed by atoms with E-state index in [-0.39, 0.29) is 0 Å². The fraction of sp³-hybridized carbons (Fsp3) is 0. The van der Waals surface area contributed by atoms with Crippen molar-refractivity contribution >= 4 is 23.5 Å². The molecule has 0 aliphatic rings. The van der Waals surface area contributed by atoms with Crippen LogP contribution in [0.3, 0.4) is 0 Å². The molecule has 0 saturated heterocycles. The molecule has 0 N–H and O–H groups in total. The molecule has 0 spiro atoms. The largest absolute Gasteiger partial charge is 0.0987 e. The van der Waals surface area contributed by atoms with Crippen LogP contribution in [0, 0.1) is 0 Å². The second-order valence-corrected chi connectivity index (χ2v) is 7.24. The van der Waals surface area contributed by atoms with Gasteiger partial charge in [-0.3, -0.25) is 0 Å². The Bertz CT molecular complexity index is 758. The summed E-state index contributed by atoms with van der Waals surface area (Å²) in [6.45, 7) is 7.53. The van der Waals surface area contributed by atoms with E-state index in [1.807, 2.05) is 10.8 Å². The van der Waals surface area contributed by atoms with Crippen molar-refractivity contribution in [2.24, 2.45) is 0 Å². The lowest BCUT2D eigenvalue weighted by atomic mass is 9.95. The van der Waals surface area contributed by atoms with Gasteiger partial charge in [0.05, 0.1) is 0 Å². The quantitative estimate of drug-likeness (QED) is 0.424. The molecular formula is C22H18S2. The molecule has 0 unspecified atom stereocenters. The number of hydrogen-bond donors (Lipinski definition) is 0. The summed E-state index contributed by atoms with van der Waals surface area (Å²) in [6.07, 6.45) is 0. The summed E-state index contributed by atoms with van der Waals surface area (Å²) in [5.74, 6) is 0. The van der Waals surface area contributed by atoms with Crippen molar-refractivity contribution < 1.29 is 0 Å². The van der Waals surface area contributed by atoms with Crippen molar-refractivity contribution in [3.05, 3.63) is 96.8 Å². The van der Waals surface area contributed by atoms with Crippen LogP contribution in [0.1, 0.15) is 0 Å². The van der Waals surface area contributed by atoms with Crippen LogP contribution in [0.25, 0.3) is 22.3 Å². The van der Waals surface area contributed by atoms with E-state index in [1.165, 1.54) is 32.0 Å². The third-order valence-electron chi connectivity index (χ3n) is 3.70. The maximum atomic E-state index is 3.77. The predicted octanol–water partition coefficient (Wildman–Crippen LogP) is 7.49. The maximum absolute atomic E-state index is 3.77. The van der Waals surface area contributed by atoms with Crippen molar-refractivity contribution in [2.75, 3.05) is 0 Å². The molecule has 3 aromatic carbocycles. The lowest BCUT2D eigenvalue weighted by Gasteiger charge is -2.11. The molecule has 24 heavy (non-hydrogen) atoms. The number of thioether (sulfide) groups is 2. The van der Waals surface area contributed by atoms with Gasteiger partial charge in [-0.1, -0.05) is 85.2 Å². The van der Waals surface area contributed by atoms with Gasteiger partial charge in [0, 0.05) is 9.79 Å². The van der Waals surface area contributed by atoms with Crippen molar-refractivity contribution in [3.63, 3.8) is 0 Å². The van der Waals surface area contributed by atoms with Gasteiger partial charge in [0.1, 0.15) is 0 Å². The Morgan fingerprint density at radius 1 is 0.542 bits per heavy atom. The fourth-order valence-corrected chi connectivity index (χ4v) is 3.58. The third kappa shape index (κ3) is 3.84. The van der Waals surface area contributed by atoms with E-state index >= 15 is 0 Å². The SMILES string of the molecule is C=CSc1ccc(-c2ccccc2-c2ccc(SC=C)cc2)cc1. The van der Waals surface area contributed by atoms with Gasteiger partial charge >= 0.3 is 0 Å². The molecule has 0 bridgehead atoms. The lowest BCUT2D eigenvalue weighted by Crippen LogP contribution is -1.85. The Kier molecular flexibility index (Phi) is 5.63. The summed E-state index contributed by atoms with van der Waals surface area (Å²) in [4.78, 5) is 2.41. The monoisotopic (exact) mass is 346 g/mol. The second-order valence-electron chi connectivity index (χ2n) is 5.16.